The molecular formula is C9H11NO3. The lowest BCUT2D eigenvalue weighted by atomic mass is 10.3. The van der Waals surface area contributed by atoms with E-state index in [4.69, 9.17) is 14.6 Å². The first kappa shape index (κ1) is 8.47. The van der Waals surface area contributed by atoms with Crippen LogP contribution in [0.25, 0.3) is 0 Å². The molecule has 1 aliphatic rings. The van der Waals surface area contributed by atoms with Gasteiger partial charge in [-0.15, -0.1) is 0 Å². The second kappa shape index (κ2) is 3.72. The molecule has 1 aromatic rings. The molecule has 0 aromatic carbocycles. The van der Waals surface area contributed by atoms with Crippen molar-refractivity contribution in [1.82, 2.24) is 4.98 Å². The molecule has 0 saturated carbocycles. The molecule has 0 amide bonds. The van der Waals surface area contributed by atoms with Crippen LogP contribution in [-0.4, -0.2) is 29.4 Å². The van der Waals surface area contributed by atoms with Crippen molar-refractivity contribution in [3.63, 3.8) is 0 Å². The van der Waals surface area contributed by atoms with Crippen LogP contribution in [0, 0.1) is 0 Å². The summed E-state index contributed by atoms with van der Waals surface area (Å²) < 4.78 is 10.4. The zero-order chi connectivity index (χ0) is 9.10. The van der Waals surface area contributed by atoms with Crippen LogP contribution >= 0.6 is 0 Å². The summed E-state index contributed by atoms with van der Waals surface area (Å²) in [6.45, 7) is 1.27. The van der Waals surface area contributed by atoms with E-state index in [-0.39, 0.29) is 12.7 Å². The van der Waals surface area contributed by atoms with Crippen molar-refractivity contribution in [3.8, 4) is 5.75 Å². The fourth-order valence-electron chi connectivity index (χ4n) is 1.05. The highest BCUT2D eigenvalue weighted by Crippen LogP contribution is 2.14. The van der Waals surface area contributed by atoms with Gasteiger partial charge < -0.3 is 14.6 Å². The first-order valence-corrected chi connectivity index (χ1v) is 4.18. The molecule has 0 atom stereocenters. The number of aliphatic hydroxyl groups excluding tert-OH is 1. The Balaban J connectivity index is 1.96. The van der Waals surface area contributed by atoms with E-state index in [1.54, 1.807) is 18.3 Å². The number of nitrogens with zero attached hydrogens (tertiary/aromatic N) is 1. The van der Waals surface area contributed by atoms with Gasteiger partial charge in [-0.2, -0.15) is 0 Å². The van der Waals surface area contributed by atoms with Crippen molar-refractivity contribution in [2.75, 3.05) is 13.2 Å². The summed E-state index contributed by atoms with van der Waals surface area (Å²) in [5.41, 5.74) is 0.650. The maximum absolute atomic E-state index is 8.74. The minimum atomic E-state index is -0.0349. The van der Waals surface area contributed by atoms with Crippen LogP contribution in [0.2, 0.25) is 0 Å². The third-order valence-corrected chi connectivity index (χ3v) is 1.87. The molecular weight excluding hydrogens is 170 g/mol. The third-order valence-electron chi connectivity index (χ3n) is 1.87. The number of pyridine rings is 1. The predicted molar refractivity (Wildman–Crippen MR) is 45.4 cm³/mol. The summed E-state index contributed by atoms with van der Waals surface area (Å²) in [6.07, 6.45) is 1.78. The van der Waals surface area contributed by atoms with Crippen LogP contribution in [0.1, 0.15) is 5.69 Å². The van der Waals surface area contributed by atoms with E-state index in [0.717, 1.165) is 5.75 Å². The van der Waals surface area contributed by atoms with Gasteiger partial charge in [-0.05, 0) is 12.1 Å². The van der Waals surface area contributed by atoms with E-state index in [9.17, 15) is 0 Å². The Kier molecular flexibility index (Phi) is 2.42. The average Bonchev–Trinajstić information content (AvgIpc) is 2.12. The number of aliphatic hydroxyl groups is 1. The quantitative estimate of drug-likeness (QED) is 0.731. The van der Waals surface area contributed by atoms with Crippen LogP contribution in [0.4, 0.5) is 0 Å². The van der Waals surface area contributed by atoms with Crippen molar-refractivity contribution in [3.05, 3.63) is 24.0 Å². The maximum Gasteiger partial charge on any atom is 0.145 e. The molecule has 0 bridgehead atoms. The van der Waals surface area contributed by atoms with E-state index in [2.05, 4.69) is 4.98 Å². The highest BCUT2D eigenvalue weighted by atomic mass is 16.6. The topological polar surface area (TPSA) is 51.6 Å². The molecule has 1 N–H and O–H groups in total. The SMILES string of the molecule is OCc1ccc(OC2COC2)cn1. The lowest BCUT2D eigenvalue weighted by Gasteiger charge is -2.26. The van der Waals surface area contributed by atoms with E-state index in [1.807, 2.05) is 0 Å². The fraction of sp³-hybridized carbons (Fsp3) is 0.444. The summed E-state index contributed by atoms with van der Waals surface area (Å²) in [7, 11) is 0. The molecule has 0 radical (unpaired) electrons. The molecule has 0 aliphatic carbocycles. The minimum absolute atomic E-state index is 0.0349. The molecule has 2 rings (SSSR count). The predicted octanol–water partition coefficient (Wildman–Crippen LogP) is 0.351. The largest absolute Gasteiger partial charge is 0.484 e. The average molecular weight is 181 g/mol. The van der Waals surface area contributed by atoms with Crippen LogP contribution < -0.4 is 4.74 Å². The number of aromatic nitrogens is 1. The lowest BCUT2D eigenvalue weighted by molar-refractivity contribution is -0.0798. The van der Waals surface area contributed by atoms with Crippen LogP contribution in [0.3, 0.4) is 0 Å². The fourth-order valence-corrected chi connectivity index (χ4v) is 1.05. The summed E-state index contributed by atoms with van der Waals surface area (Å²) in [5.74, 6) is 0.727. The molecule has 13 heavy (non-hydrogen) atoms. The van der Waals surface area contributed by atoms with Crippen molar-refractivity contribution >= 4 is 0 Å². The normalized spacial score (nSPS) is 16.7. The van der Waals surface area contributed by atoms with Crippen molar-refractivity contribution < 1.29 is 14.6 Å². The Morgan fingerprint density at radius 1 is 1.54 bits per heavy atom. The highest BCUT2D eigenvalue weighted by Gasteiger charge is 2.19. The van der Waals surface area contributed by atoms with E-state index >= 15 is 0 Å². The van der Waals surface area contributed by atoms with Gasteiger partial charge in [0, 0.05) is 0 Å². The molecule has 1 aromatic heterocycles. The molecule has 1 fully saturated rings. The maximum atomic E-state index is 8.74. The van der Waals surface area contributed by atoms with Crippen molar-refractivity contribution in [2.45, 2.75) is 12.7 Å². The second-order valence-electron chi connectivity index (χ2n) is 2.92. The number of ether oxygens (including phenoxy) is 2. The van der Waals surface area contributed by atoms with Gasteiger partial charge >= 0.3 is 0 Å². The van der Waals surface area contributed by atoms with Gasteiger partial charge in [0.2, 0.25) is 0 Å². The Labute approximate surface area is 76.1 Å². The van der Waals surface area contributed by atoms with E-state index < -0.39 is 0 Å². The molecule has 4 heteroatoms. The standard InChI is InChI=1S/C9H11NO3/c11-4-7-1-2-8(3-10-7)13-9-5-12-6-9/h1-3,9,11H,4-6H2. The molecule has 70 valence electrons. The first-order chi connectivity index (χ1) is 6.38. The van der Waals surface area contributed by atoms with Gasteiger partial charge in [0.1, 0.15) is 11.9 Å². The monoisotopic (exact) mass is 181 g/mol. The molecule has 0 unspecified atom stereocenters. The third kappa shape index (κ3) is 1.96. The molecule has 2 heterocycles. The summed E-state index contributed by atoms with van der Waals surface area (Å²) in [4.78, 5) is 3.99. The summed E-state index contributed by atoms with van der Waals surface area (Å²) in [5, 5.41) is 8.74. The van der Waals surface area contributed by atoms with Crippen LogP contribution in [-0.2, 0) is 11.3 Å². The van der Waals surface area contributed by atoms with Gasteiger partial charge in [0.05, 0.1) is 31.7 Å². The van der Waals surface area contributed by atoms with Gasteiger partial charge in [-0.1, -0.05) is 0 Å². The zero-order valence-electron chi connectivity index (χ0n) is 7.14. The first-order valence-electron chi connectivity index (χ1n) is 4.18. The van der Waals surface area contributed by atoms with Crippen molar-refractivity contribution in [1.29, 1.82) is 0 Å². The molecule has 1 saturated heterocycles. The van der Waals surface area contributed by atoms with E-state index in [0.29, 0.717) is 18.9 Å². The Hall–Kier alpha value is -1.13. The molecule has 0 spiro atoms. The zero-order valence-corrected chi connectivity index (χ0v) is 7.14. The van der Waals surface area contributed by atoms with Gasteiger partial charge in [0.25, 0.3) is 0 Å². The Bertz CT molecular complexity index is 269. The number of hydrogen-bond acceptors (Lipinski definition) is 4. The van der Waals surface area contributed by atoms with Gasteiger partial charge in [0.15, 0.2) is 0 Å². The van der Waals surface area contributed by atoms with Crippen molar-refractivity contribution in [2.24, 2.45) is 0 Å². The van der Waals surface area contributed by atoms with E-state index in [1.165, 1.54) is 0 Å². The second-order valence-corrected chi connectivity index (χ2v) is 2.92. The van der Waals surface area contributed by atoms with Crippen LogP contribution in [0.15, 0.2) is 18.3 Å². The van der Waals surface area contributed by atoms with Gasteiger partial charge in [-0.25, -0.2) is 0 Å². The Morgan fingerprint density at radius 2 is 2.38 bits per heavy atom. The smallest absolute Gasteiger partial charge is 0.145 e. The Morgan fingerprint density at radius 3 is 2.85 bits per heavy atom. The summed E-state index contributed by atoms with van der Waals surface area (Å²) >= 11 is 0. The minimum Gasteiger partial charge on any atom is -0.484 e. The molecule has 4 nitrogen and oxygen atoms in total. The van der Waals surface area contributed by atoms with Crippen LogP contribution in [0.5, 0.6) is 5.75 Å². The number of hydrogen-bond donors (Lipinski definition) is 1. The molecule has 1 aliphatic heterocycles. The number of rotatable bonds is 3. The van der Waals surface area contributed by atoms with Gasteiger partial charge in [-0.3, -0.25) is 4.98 Å². The summed E-state index contributed by atoms with van der Waals surface area (Å²) in [6, 6.07) is 3.55. The highest BCUT2D eigenvalue weighted by molar-refractivity contribution is 5.20. The lowest BCUT2D eigenvalue weighted by Crippen LogP contribution is -2.38.